The Hall–Kier alpha value is -2.14. The third kappa shape index (κ3) is 3.54. The minimum Gasteiger partial charge on any atom is -0.339 e. The molecule has 2 atom stereocenters. The number of carbonyl (C=O) groups excluding carboxylic acids is 2. The molecule has 1 aliphatic carbocycles. The van der Waals surface area contributed by atoms with Gasteiger partial charge in [-0.3, -0.25) is 9.59 Å². The van der Waals surface area contributed by atoms with Gasteiger partial charge < -0.3 is 9.80 Å². The molecule has 26 heavy (non-hydrogen) atoms. The number of hydrogen-bond acceptors (Lipinski definition) is 2. The third-order valence-corrected chi connectivity index (χ3v) is 5.78. The molecule has 4 rings (SSSR count). The molecule has 5 heteroatoms. The SMILES string of the molecule is O=C(c1cccc(Br)c1)N1CCN(C(=O)C2CC2c2ccccc2)CC1. The summed E-state index contributed by atoms with van der Waals surface area (Å²) in [5.41, 5.74) is 1.94. The fraction of sp³-hybridized carbons (Fsp3) is 0.333. The van der Waals surface area contributed by atoms with Crippen molar-refractivity contribution < 1.29 is 9.59 Å². The van der Waals surface area contributed by atoms with Crippen molar-refractivity contribution in [2.45, 2.75) is 12.3 Å². The minimum absolute atomic E-state index is 0.0342. The Balaban J connectivity index is 1.33. The minimum atomic E-state index is 0.0342. The molecule has 1 aliphatic heterocycles. The van der Waals surface area contributed by atoms with Gasteiger partial charge in [0.05, 0.1) is 0 Å². The molecule has 4 nitrogen and oxygen atoms in total. The van der Waals surface area contributed by atoms with E-state index < -0.39 is 0 Å². The van der Waals surface area contributed by atoms with E-state index in [4.69, 9.17) is 0 Å². The summed E-state index contributed by atoms with van der Waals surface area (Å²) in [7, 11) is 0. The number of amides is 2. The van der Waals surface area contributed by atoms with Crippen LogP contribution in [0.5, 0.6) is 0 Å². The Morgan fingerprint density at radius 2 is 1.58 bits per heavy atom. The Morgan fingerprint density at radius 3 is 2.27 bits per heavy atom. The molecule has 2 aromatic rings. The van der Waals surface area contributed by atoms with Crippen LogP contribution in [-0.4, -0.2) is 47.8 Å². The molecule has 2 amide bonds. The summed E-state index contributed by atoms with van der Waals surface area (Å²) in [6, 6.07) is 17.7. The number of piperazine rings is 1. The van der Waals surface area contributed by atoms with E-state index in [-0.39, 0.29) is 17.7 Å². The monoisotopic (exact) mass is 412 g/mol. The maximum absolute atomic E-state index is 12.8. The molecule has 2 fully saturated rings. The second-order valence-electron chi connectivity index (χ2n) is 6.99. The standard InChI is InChI=1S/C21H21BrN2O2/c22-17-8-4-7-16(13-17)20(25)23-9-11-24(12-10-23)21(26)19-14-18(19)15-5-2-1-3-6-15/h1-8,13,18-19H,9-12,14H2. The Labute approximate surface area is 161 Å². The number of carbonyl (C=O) groups is 2. The lowest BCUT2D eigenvalue weighted by Gasteiger charge is -2.35. The average Bonchev–Trinajstić information content (AvgIpc) is 3.48. The average molecular weight is 413 g/mol. The van der Waals surface area contributed by atoms with Crippen LogP contribution in [0.4, 0.5) is 0 Å². The maximum atomic E-state index is 12.8. The van der Waals surface area contributed by atoms with Gasteiger partial charge in [0, 0.05) is 42.1 Å². The van der Waals surface area contributed by atoms with Crippen LogP contribution in [0.1, 0.15) is 28.3 Å². The van der Waals surface area contributed by atoms with Gasteiger partial charge in [0.2, 0.25) is 5.91 Å². The predicted octanol–water partition coefficient (Wildman–Crippen LogP) is 3.54. The van der Waals surface area contributed by atoms with E-state index in [1.54, 1.807) is 0 Å². The highest BCUT2D eigenvalue weighted by Crippen LogP contribution is 2.48. The van der Waals surface area contributed by atoms with Crippen LogP contribution in [0.2, 0.25) is 0 Å². The molecule has 2 unspecified atom stereocenters. The van der Waals surface area contributed by atoms with E-state index in [0.717, 1.165) is 10.9 Å². The van der Waals surface area contributed by atoms with Crippen molar-refractivity contribution in [3.63, 3.8) is 0 Å². The van der Waals surface area contributed by atoms with Crippen molar-refractivity contribution in [3.8, 4) is 0 Å². The van der Waals surface area contributed by atoms with E-state index in [1.807, 2.05) is 52.3 Å². The van der Waals surface area contributed by atoms with Gasteiger partial charge in [-0.05, 0) is 36.1 Å². The highest BCUT2D eigenvalue weighted by molar-refractivity contribution is 9.10. The van der Waals surface area contributed by atoms with E-state index in [9.17, 15) is 9.59 Å². The molecule has 2 aliphatic rings. The second kappa shape index (κ2) is 7.23. The van der Waals surface area contributed by atoms with Crippen molar-refractivity contribution in [1.29, 1.82) is 0 Å². The highest BCUT2D eigenvalue weighted by Gasteiger charge is 2.46. The molecule has 134 valence electrons. The van der Waals surface area contributed by atoms with Crippen LogP contribution in [0.25, 0.3) is 0 Å². The molecular formula is C21H21BrN2O2. The number of halogens is 1. The van der Waals surface area contributed by atoms with Gasteiger partial charge in [-0.2, -0.15) is 0 Å². The summed E-state index contributed by atoms with van der Waals surface area (Å²) in [4.78, 5) is 29.1. The van der Waals surface area contributed by atoms with Crippen LogP contribution in [0.3, 0.4) is 0 Å². The van der Waals surface area contributed by atoms with Gasteiger partial charge in [-0.25, -0.2) is 0 Å². The van der Waals surface area contributed by atoms with Gasteiger partial charge >= 0.3 is 0 Å². The van der Waals surface area contributed by atoms with Crippen LogP contribution in [0.15, 0.2) is 59.1 Å². The largest absolute Gasteiger partial charge is 0.339 e. The summed E-state index contributed by atoms with van der Waals surface area (Å²) >= 11 is 3.41. The van der Waals surface area contributed by atoms with Crippen LogP contribution < -0.4 is 0 Å². The number of nitrogens with zero attached hydrogens (tertiary/aromatic N) is 2. The summed E-state index contributed by atoms with van der Waals surface area (Å²) in [5, 5.41) is 0. The van der Waals surface area contributed by atoms with Gasteiger partial charge in [0.1, 0.15) is 0 Å². The van der Waals surface area contributed by atoms with E-state index in [1.165, 1.54) is 5.56 Å². The molecule has 0 aromatic heterocycles. The molecule has 2 aromatic carbocycles. The Bertz CT molecular complexity index is 816. The van der Waals surface area contributed by atoms with E-state index in [0.29, 0.717) is 37.7 Å². The molecule has 0 bridgehead atoms. The lowest BCUT2D eigenvalue weighted by atomic mass is 10.1. The second-order valence-corrected chi connectivity index (χ2v) is 7.90. The zero-order chi connectivity index (χ0) is 18.1. The summed E-state index contributed by atoms with van der Waals surface area (Å²) < 4.78 is 0.901. The molecular weight excluding hydrogens is 392 g/mol. The van der Waals surface area contributed by atoms with Crippen molar-refractivity contribution in [1.82, 2.24) is 9.80 Å². The van der Waals surface area contributed by atoms with Crippen molar-refractivity contribution in [2.75, 3.05) is 26.2 Å². The first-order valence-electron chi connectivity index (χ1n) is 9.02. The molecule has 1 heterocycles. The topological polar surface area (TPSA) is 40.6 Å². The van der Waals surface area contributed by atoms with Crippen molar-refractivity contribution in [3.05, 3.63) is 70.2 Å². The van der Waals surface area contributed by atoms with Crippen LogP contribution in [0, 0.1) is 5.92 Å². The first kappa shape index (κ1) is 17.3. The van der Waals surface area contributed by atoms with E-state index in [2.05, 4.69) is 28.1 Å². The van der Waals surface area contributed by atoms with Crippen LogP contribution >= 0.6 is 15.9 Å². The number of rotatable bonds is 3. The quantitative estimate of drug-likeness (QED) is 0.773. The Kier molecular flexibility index (Phi) is 4.81. The van der Waals surface area contributed by atoms with Crippen molar-refractivity contribution >= 4 is 27.7 Å². The third-order valence-electron chi connectivity index (χ3n) is 5.29. The van der Waals surface area contributed by atoms with Gasteiger partial charge in [0.25, 0.3) is 5.91 Å². The summed E-state index contributed by atoms with van der Waals surface area (Å²) in [6.45, 7) is 2.44. The number of hydrogen-bond donors (Lipinski definition) is 0. The normalized spacial score (nSPS) is 22.2. The van der Waals surface area contributed by atoms with E-state index >= 15 is 0 Å². The zero-order valence-corrected chi connectivity index (χ0v) is 16.1. The molecule has 0 spiro atoms. The van der Waals surface area contributed by atoms with Gasteiger partial charge in [-0.1, -0.05) is 52.3 Å². The van der Waals surface area contributed by atoms with Gasteiger partial charge in [0.15, 0.2) is 0 Å². The predicted molar refractivity (Wildman–Crippen MR) is 104 cm³/mol. The highest BCUT2D eigenvalue weighted by atomic mass is 79.9. The first-order valence-corrected chi connectivity index (χ1v) is 9.81. The molecule has 0 N–H and O–H groups in total. The zero-order valence-electron chi connectivity index (χ0n) is 14.5. The number of benzene rings is 2. The maximum Gasteiger partial charge on any atom is 0.254 e. The first-order chi connectivity index (χ1) is 12.6. The summed E-state index contributed by atoms with van der Waals surface area (Å²) in [5.74, 6) is 0.759. The fourth-order valence-electron chi connectivity index (χ4n) is 3.71. The summed E-state index contributed by atoms with van der Waals surface area (Å²) in [6.07, 6.45) is 0.944. The van der Waals surface area contributed by atoms with Gasteiger partial charge in [-0.15, -0.1) is 0 Å². The lowest BCUT2D eigenvalue weighted by molar-refractivity contribution is -0.134. The lowest BCUT2D eigenvalue weighted by Crippen LogP contribution is -2.51. The molecule has 0 radical (unpaired) electrons. The molecule has 1 saturated heterocycles. The fourth-order valence-corrected chi connectivity index (χ4v) is 4.10. The van der Waals surface area contributed by atoms with Crippen molar-refractivity contribution in [2.24, 2.45) is 5.92 Å². The smallest absolute Gasteiger partial charge is 0.254 e. The molecule has 1 saturated carbocycles. The van der Waals surface area contributed by atoms with Crippen LogP contribution in [-0.2, 0) is 4.79 Å². The Morgan fingerprint density at radius 1 is 0.885 bits per heavy atom.